The highest BCUT2D eigenvalue weighted by Gasteiger charge is 2.42. The van der Waals surface area contributed by atoms with Gasteiger partial charge in [-0.25, -0.2) is 0 Å². The van der Waals surface area contributed by atoms with Crippen molar-refractivity contribution in [2.75, 3.05) is 18.0 Å². The number of amidine groups is 1. The highest BCUT2D eigenvalue weighted by atomic mass is 79.9. The van der Waals surface area contributed by atoms with Gasteiger partial charge in [0.05, 0.1) is 11.6 Å². The zero-order valence-corrected chi connectivity index (χ0v) is 12.7. The van der Waals surface area contributed by atoms with Crippen molar-refractivity contribution in [3.8, 4) is 0 Å². The molecule has 0 amide bonds. The van der Waals surface area contributed by atoms with E-state index in [9.17, 15) is 13.2 Å². The van der Waals surface area contributed by atoms with Crippen LogP contribution in [-0.2, 0) is 0 Å². The molecule has 2 rings (SSSR count). The number of piperidine rings is 1. The fourth-order valence-corrected chi connectivity index (χ4v) is 3.07. The van der Waals surface area contributed by atoms with Gasteiger partial charge in [0.25, 0.3) is 0 Å². The average Bonchev–Trinajstić information content (AvgIpc) is 2.45. The molecule has 1 fully saturated rings. The number of rotatable bonds is 2. The third-order valence-electron chi connectivity index (χ3n) is 3.58. The van der Waals surface area contributed by atoms with Crippen LogP contribution in [0.2, 0.25) is 0 Å². The predicted molar refractivity (Wildman–Crippen MR) is 77.6 cm³/mol. The van der Waals surface area contributed by atoms with Crippen molar-refractivity contribution in [3.05, 3.63) is 28.2 Å². The summed E-state index contributed by atoms with van der Waals surface area (Å²) in [6.07, 6.45) is -3.50. The number of anilines is 1. The van der Waals surface area contributed by atoms with E-state index in [1.54, 1.807) is 23.1 Å². The summed E-state index contributed by atoms with van der Waals surface area (Å²) in [5.41, 5.74) is 6.66. The number of hydrogen-bond acceptors (Lipinski definition) is 3. The highest BCUT2D eigenvalue weighted by molar-refractivity contribution is 9.10. The van der Waals surface area contributed by atoms with Gasteiger partial charge in [-0.2, -0.15) is 13.2 Å². The zero-order chi connectivity index (χ0) is 15.6. The summed E-state index contributed by atoms with van der Waals surface area (Å²) in [4.78, 5) is 1.71. The van der Waals surface area contributed by atoms with E-state index in [1.165, 1.54) is 0 Å². The molecule has 1 atom stereocenters. The first-order valence-corrected chi connectivity index (χ1v) is 7.21. The lowest BCUT2D eigenvalue weighted by molar-refractivity contribution is -0.175. The van der Waals surface area contributed by atoms with Crippen LogP contribution < -0.4 is 10.6 Å². The standard InChI is InChI=1S/C13H15BrF3N3O/c14-10-6-8(12(18)19-21)3-4-11(10)20-5-1-2-9(7-20)13(15,16)17/h3-4,6,9,21H,1-2,5,7H2,(H2,18,19). The monoisotopic (exact) mass is 365 g/mol. The SMILES string of the molecule is N/C(=N/O)c1ccc(N2CCCC(C(F)(F)F)C2)c(Br)c1. The third kappa shape index (κ3) is 3.61. The van der Waals surface area contributed by atoms with Crippen molar-refractivity contribution < 1.29 is 18.4 Å². The first-order chi connectivity index (χ1) is 9.82. The van der Waals surface area contributed by atoms with E-state index >= 15 is 0 Å². The lowest BCUT2D eigenvalue weighted by Crippen LogP contribution is -2.41. The molecule has 1 aromatic rings. The molecule has 0 saturated carbocycles. The molecule has 8 heteroatoms. The van der Waals surface area contributed by atoms with E-state index in [-0.39, 0.29) is 18.8 Å². The normalized spacial score (nSPS) is 20.7. The molecule has 3 N–H and O–H groups in total. The van der Waals surface area contributed by atoms with Crippen LogP contribution in [0.25, 0.3) is 0 Å². The molecule has 1 aromatic carbocycles. The first kappa shape index (κ1) is 15.9. The summed E-state index contributed by atoms with van der Waals surface area (Å²) in [5.74, 6) is -1.35. The topological polar surface area (TPSA) is 61.9 Å². The Kier molecular flexibility index (Phi) is 4.65. The minimum atomic E-state index is -4.17. The van der Waals surface area contributed by atoms with Gasteiger partial charge in [0.2, 0.25) is 0 Å². The van der Waals surface area contributed by atoms with Crippen LogP contribution in [0.5, 0.6) is 0 Å². The van der Waals surface area contributed by atoms with Gasteiger partial charge in [-0.1, -0.05) is 5.16 Å². The molecular weight excluding hydrogens is 351 g/mol. The smallest absolute Gasteiger partial charge is 0.393 e. The third-order valence-corrected chi connectivity index (χ3v) is 4.21. The van der Waals surface area contributed by atoms with Crippen molar-refractivity contribution in [3.63, 3.8) is 0 Å². The molecule has 1 unspecified atom stereocenters. The molecular formula is C13H15BrF3N3O. The van der Waals surface area contributed by atoms with Crippen LogP contribution in [-0.4, -0.2) is 30.3 Å². The van der Waals surface area contributed by atoms with E-state index in [0.29, 0.717) is 28.7 Å². The number of hydrogen-bond donors (Lipinski definition) is 2. The molecule has 1 aliphatic rings. The zero-order valence-electron chi connectivity index (χ0n) is 11.1. The molecule has 4 nitrogen and oxygen atoms in total. The number of nitrogens with zero attached hydrogens (tertiary/aromatic N) is 2. The molecule has 0 radical (unpaired) electrons. The fraction of sp³-hybridized carbons (Fsp3) is 0.462. The van der Waals surface area contributed by atoms with Crippen LogP contribution in [0.3, 0.4) is 0 Å². The number of benzene rings is 1. The average molecular weight is 366 g/mol. The Balaban J connectivity index is 2.22. The number of halogens is 4. The van der Waals surface area contributed by atoms with Crippen molar-refractivity contribution in [1.82, 2.24) is 0 Å². The summed E-state index contributed by atoms with van der Waals surface area (Å²) in [5, 5.41) is 11.5. The van der Waals surface area contributed by atoms with Crippen molar-refractivity contribution >= 4 is 27.5 Å². The maximum atomic E-state index is 12.8. The van der Waals surface area contributed by atoms with Gasteiger partial charge in [0, 0.05) is 23.1 Å². The van der Waals surface area contributed by atoms with Crippen molar-refractivity contribution in [1.29, 1.82) is 0 Å². The van der Waals surface area contributed by atoms with Gasteiger partial charge in [0.1, 0.15) is 0 Å². The summed E-state index contributed by atoms with van der Waals surface area (Å²) >= 11 is 3.34. The first-order valence-electron chi connectivity index (χ1n) is 6.42. The van der Waals surface area contributed by atoms with Crippen molar-refractivity contribution in [2.45, 2.75) is 19.0 Å². The Morgan fingerprint density at radius 1 is 1.43 bits per heavy atom. The second kappa shape index (κ2) is 6.13. The predicted octanol–water partition coefficient (Wildman–Crippen LogP) is 3.32. The summed E-state index contributed by atoms with van der Waals surface area (Å²) in [6, 6.07) is 4.92. The minimum Gasteiger partial charge on any atom is -0.409 e. The molecule has 1 heterocycles. The summed E-state index contributed by atoms with van der Waals surface area (Å²) in [6.45, 7) is 0.527. The Labute approximate surface area is 128 Å². The molecule has 1 saturated heterocycles. The second-order valence-corrected chi connectivity index (χ2v) is 5.83. The maximum absolute atomic E-state index is 12.8. The van der Waals surface area contributed by atoms with Gasteiger partial charge in [-0.3, -0.25) is 0 Å². The quantitative estimate of drug-likeness (QED) is 0.365. The van der Waals surface area contributed by atoms with E-state index in [4.69, 9.17) is 10.9 Å². The van der Waals surface area contributed by atoms with Crippen LogP contribution >= 0.6 is 15.9 Å². The summed E-state index contributed by atoms with van der Waals surface area (Å²) < 4.78 is 39.2. The Morgan fingerprint density at radius 3 is 2.71 bits per heavy atom. The van der Waals surface area contributed by atoms with Gasteiger partial charge in [0.15, 0.2) is 5.84 Å². The van der Waals surface area contributed by atoms with Gasteiger partial charge < -0.3 is 15.8 Å². The van der Waals surface area contributed by atoms with Crippen LogP contribution in [0, 0.1) is 5.92 Å². The Morgan fingerprint density at radius 2 is 2.14 bits per heavy atom. The van der Waals surface area contributed by atoms with E-state index in [1.807, 2.05) is 0 Å². The van der Waals surface area contributed by atoms with Crippen LogP contribution in [0.4, 0.5) is 18.9 Å². The fourth-order valence-electron chi connectivity index (χ4n) is 2.44. The molecule has 0 bridgehead atoms. The molecule has 21 heavy (non-hydrogen) atoms. The molecule has 0 aromatic heterocycles. The minimum absolute atomic E-state index is 0.0472. The lowest BCUT2D eigenvalue weighted by Gasteiger charge is -2.35. The van der Waals surface area contributed by atoms with E-state index < -0.39 is 12.1 Å². The summed E-state index contributed by atoms with van der Waals surface area (Å²) in [7, 11) is 0. The second-order valence-electron chi connectivity index (χ2n) is 4.98. The molecule has 116 valence electrons. The highest BCUT2D eigenvalue weighted by Crippen LogP contribution is 2.37. The van der Waals surface area contributed by atoms with Gasteiger partial charge in [-0.15, -0.1) is 0 Å². The van der Waals surface area contributed by atoms with E-state index in [0.717, 1.165) is 0 Å². The van der Waals surface area contributed by atoms with Gasteiger partial charge in [-0.05, 0) is 47.0 Å². The largest absolute Gasteiger partial charge is 0.409 e. The number of oxime groups is 1. The Bertz CT molecular complexity index is 548. The van der Waals surface area contributed by atoms with Crippen LogP contribution in [0.1, 0.15) is 18.4 Å². The Hall–Kier alpha value is -1.44. The number of alkyl halides is 3. The van der Waals surface area contributed by atoms with Crippen LogP contribution in [0.15, 0.2) is 27.8 Å². The maximum Gasteiger partial charge on any atom is 0.393 e. The number of nitrogens with two attached hydrogens (primary N) is 1. The van der Waals surface area contributed by atoms with Crippen molar-refractivity contribution in [2.24, 2.45) is 16.8 Å². The van der Waals surface area contributed by atoms with Gasteiger partial charge >= 0.3 is 6.18 Å². The molecule has 0 spiro atoms. The molecule has 0 aliphatic carbocycles. The lowest BCUT2D eigenvalue weighted by atomic mass is 9.97. The molecule has 1 aliphatic heterocycles. The van der Waals surface area contributed by atoms with E-state index in [2.05, 4.69) is 21.1 Å².